The van der Waals surface area contributed by atoms with Crippen LogP contribution in [0.15, 0.2) is 48.7 Å². The van der Waals surface area contributed by atoms with E-state index in [0.717, 1.165) is 54.0 Å². The second-order valence-electron chi connectivity index (χ2n) is 6.66. The van der Waals surface area contributed by atoms with Gasteiger partial charge in [-0.05, 0) is 55.0 Å². The predicted octanol–water partition coefficient (Wildman–Crippen LogP) is 5.80. The van der Waals surface area contributed by atoms with Crippen molar-refractivity contribution in [3.63, 3.8) is 0 Å². The van der Waals surface area contributed by atoms with Crippen molar-refractivity contribution in [2.24, 2.45) is 5.92 Å². The molecule has 0 atom stereocenters. The number of benzene rings is 2. The molecular formula is C21H19Cl2N2. The van der Waals surface area contributed by atoms with Gasteiger partial charge in [-0.25, -0.2) is 0 Å². The van der Waals surface area contributed by atoms with E-state index in [4.69, 9.17) is 23.2 Å². The highest BCUT2D eigenvalue weighted by atomic mass is 35.5. The Kier molecular flexibility index (Phi) is 4.82. The van der Waals surface area contributed by atoms with Crippen molar-refractivity contribution in [2.45, 2.75) is 19.3 Å². The fourth-order valence-electron chi connectivity index (χ4n) is 3.55. The molecule has 1 aliphatic rings. The first-order valence-electron chi connectivity index (χ1n) is 8.65. The van der Waals surface area contributed by atoms with E-state index in [1.807, 2.05) is 24.4 Å². The van der Waals surface area contributed by atoms with Gasteiger partial charge in [-0.3, -0.25) is 4.98 Å². The van der Waals surface area contributed by atoms with Crippen LogP contribution in [-0.2, 0) is 6.42 Å². The standard InChI is InChI=1S/C21H19Cl2N2/c22-18-5-3-17(20(23)13-18)12-15-7-10-25(11-8-15)19-6-4-16-2-1-9-24-21(16)14-19/h1-6,9,13,15H,7-8,10-12H2. The van der Waals surface area contributed by atoms with Crippen molar-refractivity contribution in [1.82, 2.24) is 4.98 Å². The Morgan fingerprint density at radius 3 is 2.72 bits per heavy atom. The average Bonchev–Trinajstić information content (AvgIpc) is 2.64. The molecule has 0 bridgehead atoms. The zero-order chi connectivity index (χ0) is 17.2. The Balaban J connectivity index is 1.42. The first kappa shape index (κ1) is 16.7. The maximum Gasteiger partial charge on any atom is 0.0802 e. The van der Waals surface area contributed by atoms with Crippen LogP contribution in [-0.4, -0.2) is 18.1 Å². The summed E-state index contributed by atoms with van der Waals surface area (Å²) in [6, 6.07) is 17.6. The molecule has 0 aliphatic carbocycles. The molecule has 0 saturated carbocycles. The van der Waals surface area contributed by atoms with Crippen LogP contribution in [0.4, 0.5) is 5.69 Å². The number of aromatic nitrogens is 1. The van der Waals surface area contributed by atoms with E-state index < -0.39 is 0 Å². The number of pyridine rings is 1. The number of hydrogen-bond acceptors (Lipinski definition) is 2. The molecule has 2 heterocycles. The van der Waals surface area contributed by atoms with Gasteiger partial charge in [0, 0.05) is 46.5 Å². The quantitative estimate of drug-likeness (QED) is 0.579. The van der Waals surface area contributed by atoms with Crippen LogP contribution in [0.5, 0.6) is 0 Å². The lowest BCUT2D eigenvalue weighted by molar-refractivity contribution is 0.404. The van der Waals surface area contributed by atoms with Gasteiger partial charge in [0.05, 0.1) is 5.52 Å². The summed E-state index contributed by atoms with van der Waals surface area (Å²) in [5, 5.41) is 2.62. The first-order valence-corrected chi connectivity index (χ1v) is 9.40. The number of hydrogen-bond donors (Lipinski definition) is 0. The molecule has 0 N–H and O–H groups in total. The van der Waals surface area contributed by atoms with Crippen LogP contribution >= 0.6 is 23.2 Å². The molecule has 1 fully saturated rings. The molecule has 0 spiro atoms. The van der Waals surface area contributed by atoms with E-state index in [1.165, 1.54) is 5.56 Å². The maximum atomic E-state index is 6.32. The molecule has 2 nitrogen and oxygen atoms in total. The lowest BCUT2D eigenvalue weighted by atomic mass is 9.90. The fourth-order valence-corrected chi connectivity index (χ4v) is 4.03. The number of nitrogens with zero attached hydrogens (tertiary/aromatic N) is 2. The van der Waals surface area contributed by atoms with Gasteiger partial charge in [0.1, 0.15) is 0 Å². The molecule has 25 heavy (non-hydrogen) atoms. The zero-order valence-electron chi connectivity index (χ0n) is 13.9. The summed E-state index contributed by atoms with van der Waals surface area (Å²) in [7, 11) is 0. The molecule has 1 radical (unpaired) electrons. The summed E-state index contributed by atoms with van der Waals surface area (Å²) in [5.41, 5.74) is 3.29. The summed E-state index contributed by atoms with van der Waals surface area (Å²) in [5.74, 6) is 0.661. The van der Waals surface area contributed by atoms with E-state index in [9.17, 15) is 0 Å². The van der Waals surface area contributed by atoms with Crippen molar-refractivity contribution in [3.8, 4) is 0 Å². The van der Waals surface area contributed by atoms with Crippen LogP contribution < -0.4 is 4.90 Å². The molecule has 2 aromatic carbocycles. The predicted molar refractivity (Wildman–Crippen MR) is 106 cm³/mol. The topological polar surface area (TPSA) is 16.1 Å². The second-order valence-corrected chi connectivity index (χ2v) is 7.50. The summed E-state index contributed by atoms with van der Waals surface area (Å²) < 4.78 is 0. The first-order chi connectivity index (χ1) is 12.2. The lowest BCUT2D eigenvalue weighted by Gasteiger charge is -2.33. The van der Waals surface area contributed by atoms with E-state index in [0.29, 0.717) is 10.9 Å². The average molecular weight is 370 g/mol. The number of rotatable bonds is 3. The number of piperidine rings is 1. The van der Waals surface area contributed by atoms with Gasteiger partial charge in [-0.1, -0.05) is 41.4 Å². The molecule has 127 valence electrons. The number of anilines is 1. The van der Waals surface area contributed by atoms with Gasteiger partial charge in [0.25, 0.3) is 0 Å². The molecule has 3 aromatic rings. The van der Waals surface area contributed by atoms with Gasteiger partial charge < -0.3 is 4.90 Å². The zero-order valence-corrected chi connectivity index (χ0v) is 15.4. The fraction of sp³-hybridized carbons (Fsp3) is 0.286. The molecule has 1 aliphatic heterocycles. The Bertz CT molecular complexity index is 886. The molecular weight excluding hydrogens is 351 g/mol. The van der Waals surface area contributed by atoms with Crippen molar-refractivity contribution >= 4 is 39.8 Å². The van der Waals surface area contributed by atoms with Crippen molar-refractivity contribution < 1.29 is 0 Å². The van der Waals surface area contributed by atoms with Gasteiger partial charge in [-0.2, -0.15) is 0 Å². The van der Waals surface area contributed by atoms with E-state index in [-0.39, 0.29) is 0 Å². The van der Waals surface area contributed by atoms with Crippen LogP contribution in [0.1, 0.15) is 18.4 Å². The molecule has 1 aromatic heterocycles. The third-order valence-electron chi connectivity index (χ3n) is 4.99. The van der Waals surface area contributed by atoms with E-state index >= 15 is 0 Å². The highest BCUT2D eigenvalue weighted by Gasteiger charge is 2.21. The lowest BCUT2D eigenvalue weighted by Crippen LogP contribution is -2.34. The van der Waals surface area contributed by atoms with E-state index in [1.54, 1.807) is 0 Å². The molecule has 1 saturated heterocycles. The summed E-state index contributed by atoms with van der Waals surface area (Å²) >= 11 is 12.3. The Labute approximate surface area is 158 Å². The highest BCUT2D eigenvalue weighted by Crippen LogP contribution is 2.30. The maximum absolute atomic E-state index is 6.32. The molecule has 4 heteroatoms. The minimum atomic E-state index is 0.661. The number of halogens is 2. The van der Waals surface area contributed by atoms with Gasteiger partial charge in [0.2, 0.25) is 0 Å². The molecule has 0 amide bonds. The normalized spacial score (nSPS) is 15.7. The van der Waals surface area contributed by atoms with Crippen LogP contribution in [0.25, 0.3) is 10.9 Å². The summed E-state index contributed by atoms with van der Waals surface area (Å²) in [4.78, 5) is 6.83. The Morgan fingerprint density at radius 2 is 1.92 bits per heavy atom. The van der Waals surface area contributed by atoms with Gasteiger partial charge in [-0.15, -0.1) is 0 Å². The van der Waals surface area contributed by atoms with Crippen LogP contribution in [0, 0.1) is 12.0 Å². The van der Waals surface area contributed by atoms with Crippen LogP contribution in [0.2, 0.25) is 10.0 Å². The summed E-state index contributed by atoms with van der Waals surface area (Å²) in [6.07, 6.45) is 5.16. The van der Waals surface area contributed by atoms with E-state index in [2.05, 4.69) is 40.2 Å². The smallest absolute Gasteiger partial charge is 0.0802 e. The second kappa shape index (κ2) is 7.23. The monoisotopic (exact) mass is 369 g/mol. The van der Waals surface area contributed by atoms with Crippen molar-refractivity contribution in [2.75, 3.05) is 18.0 Å². The molecule has 4 rings (SSSR count). The number of fused-ring (bicyclic) bond motifs is 1. The van der Waals surface area contributed by atoms with Gasteiger partial charge in [0.15, 0.2) is 0 Å². The Hall–Kier alpha value is -1.77. The van der Waals surface area contributed by atoms with Crippen molar-refractivity contribution in [3.05, 3.63) is 70.3 Å². The minimum absolute atomic E-state index is 0.661. The van der Waals surface area contributed by atoms with Crippen molar-refractivity contribution in [1.29, 1.82) is 0 Å². The Morgan fingerprint density at radius 1 is 1.08 bits per heavy atom. The third kappa shape index (κ3) is 3.75. The largest absolute Gasteiger partial charge is 0.371 e. The van der Waals surface area contributed by atoms with Gasteiger partial charge >= 0.3 is 0 Å². The van der Waals surface area contributed by atoms with Crippen LogP contribution in [0.3, 0.4) is 0 Å². The highest BCUT2D eigenvalue weighted by molar-refractivity contribution is 6.35. The third-order valence-corrected chi connectivity index (χ3v) is 5.57. The SMILES string of the molecule is Clc1ccc(CC2CCN(c3[c]c4ncccc4cc3)CC2)c(Cl)c1. The minimum Gasteiger partial charge on any atom is -0.371 e. The molecule has 0 unspecified atom stereocenters. The summed E-state index contributed by atoms with van der Waals surface area (Å²) in [6.45, 7) is 2.09.